The molecule has 2 aromatic heterocycles. The van der Waals surface area contributed by atoms with Gasteiger partial charge in [0.15, 0.2) is 0 Å². The second kappa shape index (κ2) is 3.88. The predicted molar refractivity (Wildman–Crippen MR) is 69.1 cm³/mol. The first kappa shape index (κ1) is 11.3. The third kappa shape index (κ3) is 1.74. The maximum absolute atomic E-state index is 10.8. The van der Waals surface area contributed by atoms with Crippen molar-refractivity contribution in [1.82, 2.24) is 14.8 Å². The molecule has 2 heterocycles. The number of benzene rings is 1. The molecule has 1 aromatic carbocycles. The van der Waals surface area contributed by atoms with Crippen LogP contribution in [0.4, 0.5) is 0 Å². The number of fused-ring (bicyclic) bond motifs is 1. The van der Waals surface area contributed by atoms with E-state index in [1.807, 2.05) is 17.7 Å². The number of carbonyl (C=O) groups is 1. The molecule has 0 saturated carbocycles. The van der Waals surface area contributed by atoms with Gasteiger partial charge in [0.05, 0.1) is 5.69 Å². The van der Waals surface area contributed by atoms with Crippen LogP contribution in [0.5, 0.6) is 5.75 Å². The van der Waals surface area contributed by atoms with Crippen LogP contribution in [0.15, 0.2) is 30.3 Å². The van der Waals surface area contributed by atoms with Crippen molar-refractivity contribution in [3.63, 3.8) is 0 Å². The molecule has 6 heteroatoms. The van der Waals surface area contributed by atoms with E-state index in [2.05, 4.69) is 10.2 Å². The van der Waals surface area contributed by atoms with Gasteiger partial charge in [-0.25, -0.2) is 4.79 Å². The molecule has 0 aliphatic rings. The second-order valence-electron chi connectivity index (χ2n) is 4.30. The van der Waals surface area contributed by atoms with E-state index in [9.17, 15) is 9.90 Å². The van der Waals surface area contributed by atoms with Crippen molar-refractivity contribution in [2.75, 3.05) is 0 Å². The summed E-state index contributed by atoms with van der Waals surface area (Å²) in [5.74, 6) is -0.854. The lowest BCUT2D eigenvalue weighted by atomic mass is 10.2. The number of phenols is 1. The predicted octanol–water partition coefficient (Wildman–Crippen LogP) is 1.97. The summed E-state index contributed by atoms with van der Waals surface area (Å²) >= 11 is 0. The van der Waals surface area contributed by atoms with Gasteiger partial charge in [0.25, 0.3) is 0 Å². The zero-order chi connectivity index (χ0) is 13.6. The Hall–Kier alpha value is -2.76. The molecule has 19 heavy (non-hydrogen) atoms. The van der Waals surface area contributed by atoms with Crippen LogP contribution in [-0.4, -0.2) is 30.9 Å². The van der Waals surface area contributed by atoms with Crippen molar-refractivity contribution >= 4 is 16.9 Å². The molecule has 96 valence electrons. The number of aryl methyl sites for hydroxylation is 1. The summed E-state index contributed by atoms with van der Waals surface area (Å²) in [6.07, 6.45) is 0. The topological polar surface area (TPSA) is 91.1 Å². The van der Waals surface area contributed by atoms with Crippen molar-refractivity contribution in [3.8, 4) is 17.1 Å². The van der Waals surface area contributed by atoms with Crippen LogP contribution in [0.1, 0.15) is 10.5 Å². The molecule has 0 bridgehead atoms. The minimum atomic E-state index is -1.05. The number of aromatic amines is 1. The lowest BCUT2D eigenvalue weighted by molar-refractivity contribution is 0.0690. The summed E-state index contributed by atoms with van der Waals surface area (Å²) in [5.41, 5.74) is 2.32. The zero-order valence-corrected chi connectivity index (χ0v) is 10.1. The second-order valence-corrected chi connectivity index (χ2v) is 4.30. The van der Waals surface area contributed by atoms with Gasteiger partial charge in [-0.3, -0.25) is 5.10 Å². The molecule has 0 aliphatic carbocycles. The van der Waals surface area contributed by atoms with Gasteiger partial charge < -0.3 is 14.8 Å². The molecule has 6 nitrogen and oxygen atoms in total. The van der Waals surface area contributed by atoms with Crippen LogP contribution in [0, 0.1) is 0 Å². The van der Waals surface area contributed by atoms with Gasteiger partial charge in [-0.2, -0.15) is 5.10 Å². The molecule has 0 fully saturated rings. The summed E-state index contributed by atoms with van der Waals surface area (Å²) in [4.78, 5) is 10.8. The Kier molecular flexibility index (Phi) is 2.31. The van der Waals surface area contributed by atoms with Gasteiger partial charge in [-0.15, -0.1) is 0 Å². The maximum atomic E-state index is 10.8. The molecule has 0 radical (unpaired) electrons. The molecule has 3 rings (SSSR count). The Morgan fingerprint density at radius 3 is 2.79 bits per heavy atom. The molecule has 3 N–H and O–H groups in total. The number of aromatic hydroxyl groups is 1. The van der Waals surface area contributed by atoms with Gasteiger partial charge in [-0.1, -0.05) is 0 Å². The van der Waals surface area contributed by atoms with Crippen molar-refractivity contribution in [1.29, 1.82) is 0 Å². The van der Waals surface area contributed by atoms with Gasteiger partial charge in [-0.05, 0) is 24.3 Å². The standard InChI is InChI=1S/C13H11N3O3/c1-16-11-3-2-8(17)4-7(11)5-12(16)9-6-10(13(18)19)15-14-9/h2-6,17H,1H3,(H,14,15)(H,18,19). The molecular weight excluding hydrogens is 246 g/mol. The highest BCUT2D eigenvalue weighted by Crippen LogP contribution is 2.28. The van der Waals surface area contributed by atoms with Crippen LogP contribution in [0.25, 0.3) is 22.3 Å². The Labute approximate surface area is 107 Å². The number of aromatic carboxylic acids is 1. The van der Waals surface area contributed by atoms with Crippen LogP contribution in [-0.2, 0) is 7.05 Å². The first-order valence-electron chi connectivity index (χ1n) is 5.64. The van der Waals surface area contributed by atoms with E-state index in [0.717, 1.165) is 16.6 Å². The first-order valence-corrected chi connectivity index (χ1v) is 5.64. The number of carboxylic acids is 1. The molecular formula is C13H11N3O3. The van der Waals surface area contributed by atoms with Crippen LogP contribution in [0.3, 0.4) is 0 Å². The smallest absolute Gasteiger partial charge is 0.353 e. The molecule has 0 atom stereocenters. The van der Waals surface area contributed by atoms with Gasteiger partial charge >= 0.3 is 5.97 Å². The normalized spacial score (nSPS) is 11.0. The highest BCUT2D eigenvalue weighted by Gasteiger charge is 2.13. The number of H-pyrrole nitrogens is 1. The highest BCUT2D eigenvalue weighted by molar-refractivity contribution is 5.90. The quantitative estimate of drug-likeness (QED) is 0.654. The number of carboxylic acid groups (broad SMARTS) is 1. The molecule has 0 amide bonds. The van der Waals surface area contributed by atoms with E-state index in [4.69, 9.17) is 5.11 Å². The lowest BCUT2D eigenvalue weighted by Gasteiger charge is -2.00. The summed E-state index contributed by atoms with van der Waals surface area (Å²) < 4.78 is 1.90. The summed E-state index contributed by atoms with van der Waals surface area (Å²) in [5, 5.41) is 25.7. The number of phenolic OH excluding ortho intramolecular Hbond substituents is 1. The van der Waals surface area contributed by atoms with Crippen LogP contribution >= 0.6 is 0 Å². The first-order chi connectivity index (χ1) is 9.06. The number of nitrogens with zero attached hydrogens (tertiary/aromatic N) is 2. The molecule has 0 aliphatic heterocycles. The number of hydrogen-bond acceptors (Lipinski definition) is 3. The van der Waals surface area contributed by atoms with Gasteiger partial charge in [0.1, 0.15) is 17.1 Å². The fourth-order valence-electron chi connectivity index (χ4n) is 2.15. The largest absolute Gasteiger partial charge is 0.508 e. The monoisotopic (exact) mass is 257 g/mol. The molecule has 0 saturated heterocycles. The third-order valence-corrected chi connectivity index (χ3v) is 3.10. The van der Waals surface area contributed by atoms with E-state index in [-0.39, 0.29) is 11.4 Å². The fourth-order valence-corrected chi connectivity index (χ4v) is 2.15. The lowest BCUT2D eigenvalue weighted by Crippen LogP contribution is -1.95. The van der Waals surface area contributed by atoms with E-state index in [1.165, 1.54) is 6.07 Å². The van der Waals surface area contributed by atoms with Gasteiger partial charge in [0.2, 0.25) is 0 Å². The van der Waals surface area contributed by atoms with E-state index in [0.29, 0.717) is 5.69 Å². The number of aromatic nitrogens is 3. The summed E-state index contributed by atoms with van der Waals surface area (Å²) in [6.45, 7) is 0. The number of rotatable bonds is 2. The molecule has 0 spiro atoms. The zero-order valence-electron chi connectivity index (χ0n) is 10.1. The van der Waals surface area contributed by atoms with E-state index < -0.39 is 5.97 Å². The Morgan fingerprint density at radius 1 is 1.32 bits per heavy atom. The van der Waals surface area contributed by atoms with Gasteiger partial charge in [0, 0.05) is 24.0 Å². The SMILES string of the molecule is Cn1c(-c2cc(C(=O)O)[nH]n2)cc2cc(O)ccc21. The van der Waals surface area contributed by atoms with Crippen LogP contribution in [0.2, 0.25) is 0 Å². The Morgan fingerprint density at radius 2 is 2.11 bits per heavy atom. The Bertz CT molecular complexity index is 786. The fraction of sp³-hybridized carbons (Fsp3) is 0.0769. The number of nitrogens with one attached hydrogen (secondary N) is 1. The van der Waals surface area contributed by atoms with Crippen molar-refractivity contribution in [3.05, 3.63) is 36.0 Å². The highest BCUT2D eigenvalue weighted by atomic mass is 16.4. The molecule has 3 aromatic rings. The van der Waals surface area contributed by atoms with Crippen molar-refractivity contribution < 1.29 is 15.0 Å². The number of hydrogen-bond donors (Lipinski definition) is 3. The van der Waals surface area contributed by atoms with Crippen molar-refractivity contribution in [2.45, 2.75) is 0 Å². The average Bonchev–Trinajstić information content (AvgIpc) is 2.94. The summed E-state index contributed by atoms with van der Waals surface area (Å²) in [7, 11) is 1.86. The van der Waals surface area contributed by atoms with Crippen molar-refractivity contribution in [2.24, 2.45) is 7.05 Å². The average molecular weight is 257 g/mol. The van der Waals surface area contributed by atoms with E-state index in [1.54, 1.807) is 18.2 Å². The summed E-state index contributed by atoms with van der Waals surface area (Å²) in [6, 6.07) is 8.41. The minimum absolute atomic E-state index is 0.0445. The van der Waals surface area contributed by atoms with Crippen LogP contribution < -0.4 is 0 Å². The minimum Gasteiger partial charge on any atom is -0.508 e. The Balaban J connectivity index is 2.18. The van der Waals surface area contributed by atoms with E-state index >= 15 is 0 Å². The molecule has 0 unspecified atom stereocenters. The third-order valence-electron chi connectivity index (χ3n) is 3.10. The maximum Gasteiger partial charge on any atom is 0.353 e.